The molecule has 0 aliphatic rings. The number of benzene rings is 12. The average Bonchev–Trinajstić information content (AvgIpc) is 3.51. The van der Waals surface area contributed by atoms with E-state index >= 15 is 0 Å². The Morgan fingerprint density at radius 2 is 0.654 bits per heavy atom. The van der Waals surface area contributed by atoms with E-state index in [1.165, 1.54) is 77.5 Å². The number of nitriles is 1. The van der Waals surface area contributed by atoms with Gasteiger partial charge in [-0.3, -0.25) is 0 Å². The van der Waals surface area contributed by atoms with Crippen molar-refractivity contribution in [1.82, 2.24) is 0 Å². The Hall–Kier alpha value is -9.74. The maximum Gasteiger partial charge on any atom is 0.187 e. The molecule has 0 spiro atoms. The Balaban J connectivity index is 1.14. The number of nitrogens with zero attached hydrogens (tertiary/aromatic N) is 4. The molecule has 0 aromatic heterocycles. The Bertz CT molecular complexity index is 3930. The minimum atomic E-state index is 0.592. The average molecular weight is 1000 g/mol. The van der Waals surface area contributed by atoms with E-state index in [2.05, 4.69) is 258 Å². The molecule has 0 bridgehead atoms. The molecule has 0 amide bonds. The number of hydrogen-bond acceptors (Lipinski definition) is 3. The topological polar surface area (TPSA) is 34.6 Å². The van der Waals surface area contributed by atoms with Crippen molar-refractivity contribution < 1.29 is 0 Å². The zero-order valence-electron chi connectivity index (χ0n) is 45.4. The molecule has 0 atom stereocenters. The lowest BCUT2D eigenvalue weighted by Crippen LogP contribution is -2.12. The fourth-order valence-electron chi connectivity index (χ4n) is 12.5. The summed E-state index contributed by atoms with van der Waals surface area (Å²) < 4.78 is 0. The second-order valence-electron chi connectivity index (χ2n) is 21.2. The van der Waals surface area contributed by atoms with Gasteiger partial charge in [0.25, 0.3) is 0 Å². The summed E-state index contributed by atoms with van der Waals surface area (Å²) in [5.74, 6) is 0. The van der Waals surface area contributed by atoms with Crippen molar-refractivity contribution >= 4 is 72.1 Å². The van der Waals surface area contributed by atoms with Crippen LogP contribution in [0.25, 0.3) is 81.7 Å². The predicted octanol–water partition coefficient (Wildman–Crippen LogP) is 21.1. The molecule has 4 nitrogen and oxygen atoms in total. The first-order chi connectivity index (χ1) is 37.9. The highest BCUT2D eigenvalue weighted by molar-refractivity contribution is 6.28. The molecule has 12 rings (SSSR count). The van der Waals surface area contributed by atoms with Crippen LogP contribution in [-0.2, 0) is 0 Å². The van der Waals surface area contributed by atoms with Crippen LogP contribution in [0.4, 0.5) is 39.8 Å². The molecule has 78 heavy (non-hydrogen) atoms. The Morgan fingerprint density at radius 3 is 0.962 bits per heavy atom. The normalized spacial score (nSPS) is 11.3. The van der Waals surface area contributed by atoms with Gasteiger partial charge in [-0.2, -0.15) is 5.26 Å². The minimum absolute atomic E-state index is 0.592. The van der Waals surface area contributed by atoms with E-state index in [1.807, 2.05) is 24.3 Å². The third-order valence-electron chi connectivity index (χ3n) is 16.0. The maximum absolute atomic E-state index is 10.1. The maximum atomic E-state index is 10.1. The third kappa shape index (κ3) is 8.49. The summed E-state index contributed by atoms with van der Waals surface area (Å²) in [5, 5.41) is 16.9. The fraction of sp³-hybridized carbons (Fsp3) is 0.108. The quantitative estimate of drug-likeness (QED) is 0.101. The van der Waals surface area contributed by atoms with Gasteiger partial charge in [-0.15, -0.1) is 0 Å². The predicted molar refractivity (Wildman–Crippen MR) is 330 cm³/mol. The van der Waals surface area contributed by atoms with E-state index in [9.17, 15) is 5.26 Å². The number of aryl methyl sites for hydroxylation is 8. The summed E-state index contributed by atoms with van der Waals surface area (Å²) in [6, 6.07) is 76.9. The van der Waals surface area contributed by atoms with Crippen molar-refractivity contribution in [1.29, 1.82) is 5.26 Å². The van der Waals surface area contributed by atoms with E-state index < -0.39 is 0 Å². The van der Waals surface area contributed by atoms with Crippen molar-refractivity contribution in [3.63, 3.8) is 0 Å². The van der Waals surface area contributed by atoms with Crippen LogP contribution in [0.15, 0.2) is 206 Å². The molecule has 0 aliphatic carbocycles. The molecule has 0 saturated heterocycles. The molecular weight excluding hydrogens is 945 g/mol. The summed E-state index contributed by atoms with van der Waals surface area (Å²) in [7, 11) is 0. The van der Waals surface area contributed by atoms with E-state index in [0.29, 0.717) is 11.3 Å². The van der Waals surface area contributed by atoms with Crippen LogP contribution < -0.4 is 9.80 Å². The summed E-state index contributed by atoms with van der Waals surface area (Å²) in [6.07, 6.45) is 0. The van der Waals surface area contributed by atoms with Crippen molar-refractivity contribution in [3.05, 3.63) is 268 Å². The van der Waals surface area contributed by atoms with Gasteiger partial charge in [0.05, 0.1) is 29.6 Å². The second-order valence-corrected chi connectivity index (χ2v) is 21.2. The van der Waals surface area contributed by atoms with E-state index in [0.717, 1.165) is 77.9 Å². The number of anilines is 6. The number of hydrogen-bond donors (Lipinski definition) is 0. The van der Waals surface area contributed by atoms with Gasteiger partial charge in [-0.25, -0.2) is 4.85 Å². The highest BCUT2D eigenvalue weighted by Crippen LogP contribution is 2.50. The van der Waals surface area contributed by atoms with Crippen molar-refractivity contribution in [2.75, 3.05) is 9.80 Å². The van der Waals surface area contributed by atoms with Crippen LogP contribution in [0.3, 0.4) is 0 Å². The molecule has 0 N–H and O–H groups in total. The van der Waals surface area contributed by atoms with Crippen LogP contribution >= 0.6 is 0 Å². The van der Waals surface area contributed by atoms with Gasteiger partial charge in [0.15, 0.2) is 5.69 Å². The minimum Gasteiger partial charge on any atom is -0.310 e. The summed E-state index contributed by atoms with van der Waals surface area (Å²) in [4.78, 5) is 8.60. The first-order valence-electron chi connectivity index (χ1n) is 26.7. The molecule has 0 saturated carbocycles. The van der Waals surface area contributed by atoms with Gasteiger partial charge >= 0.3 is 0 Å². The second kappa shape index (κ2) is 19.8. The molecule has 0 radical (unpaired) electrons. The van der Waals surface area contributed by atoms with E-state index in [4.69, 9.17) is 6.57 Å². The molecule has 0 aliphatic heterocycles. The standard InChI is InChI=1S/C74H58N4/c1-45-14-10-15-46(2)69(45)56-38-57(70-47(3)16-11-17-48(70)4)41-63(40-56)77(61-30-22-53(44-75)23-31-61)67-36-26-54-25-35-66-68(37-27-55-24-34-65(67)73(54)74(55)66)78(62-32-28-60(76-9)29-33-62)64-42-58(71-49(5)18-12-19-50(71)6)39-59(43-64)72-51(7)20-13-21-52(72)8/h10-43H,1-8H3. The monoisotopic (exact) mass is 1000 g/mol. The summed E-state index contributed by atoms with van der Waals surface area (Å²) >= 11 is 0. The van der Waals surface area contributed by atoms with Crippen LogP contribution in [0, 0.1) is 73.3 Å². The lowest BCUT2D eigenvalue weighted by atomic mass is 9.89. The highest BCUT2D eigenvalue weighted by Gasteiger charge is 2.25. The SMILES string of the molecule is [C-]#[N+]c1ccc(N(c2cc(-c3c(C)cccc3C)cc(-c3c(C)cccc3C)c2)c2ccc3ccc4c(N(c5ccc(C#N)cc5)c5cc(-c6c(C)cccc6C)cc(-c6c(C)cccc6C)c5)ccc5ccc2c3c54)cc1. The van der Waals surface area contributed by atoms with Gasteiger partial charge in [-0.1, -0.05) is 121 Å². The van der Waals surface area contributed by atoms with Gasteiger partial charge in [0, 0.05) is 33.5 Å². The summed E-state index contributed by atoms with van der Waals surface area (Å²) in [6.45, 7) is 25.6. The smallest absolute Gasteiger partial charge is 0.187 e. The number of rotatable bonds is 10. The zero-order chi connectivity index (χ0) is 53.9. The van der Waals surface area contributed by atoms with Crippen molar-refractivity contribution in [2.24, 2.45) is 0 Å². The highest BCUT2D eigenvalue weighted by atomic mass is 15.2. The Labute approximate surface area is 458 Å². The lowest BCUT2D eigenvalue weighted by Gasteiger charge is -2.30. The molecule has 4 heteroatoms. The molecule has 374 valence electrons. The van der Waals surface area contributed by atoms with E-state index in [1.54, 1.807) is 0 Å². The molecule has 0 heterocycles. The first kappa shape index (κ1) is 49.2. The zero-order valence-corrected chi connectivity index (χ0v) is 45.4. The van der Waals surface area contributed by atoms with Gasteiger partial charge in [-0.05, 0) is 251 Å². The van der Waals surface area contributed by atoms with Crippen LogP contribution in [0.2, 0.25) is 0 Å². The third-order valence-corrected chi connectivity index (χ3v) is 16.0. The summed E-state index contributed by atoms with van der Waals surface area (Å²) in [5.41, 5.74) is 26.5. The van der Waals surface area contributed by atoms with E-state index in [-0.39, 0.29) is 0 Å². The molecule has 0 unspecified atom stereocenters. The Morgan fingerprint density at radius 1 is 0.346 bits per heavy atom. The van der Waals surface area contributed by atoms with Crippen LogP contribution in [0.5, 0.6) is 0 Å². The van der Waals surface area contributed by atoms with Crippen molar-refractivity contribution in [3.8, 4) is 50.6 Å². The van der Waals surface area contributed by atoms with Crippen molar-refractivity contribution in [2.45, 2.75) is 55.4 Å². The Kier molecular flexibility index (Phi) is 12.4. The van der Waals surface area contributed by atoms with Gasteiger partial charge in [0.1, 0.15) is 0 Å². The lowest BCUT2D eigenvalue weighted by molar-refractivity contribution is 1.29. The molecule has 12 aromatic carbocycles. The fourth-order valence-corrected chi connectivity index (χ4v) is 12.5. The van der Waals surface area contributed by atoms with Gasteiger partial charge in [0.2, 0.25) is 0 Å². The molecule has 12 aromatic rings. The van der Waals surface area contributed by atoms with Crippen LogP contribution in [0.1, 0.15) is 50.1 Å². The largest absolute Gasteiger partial charge is 0.310 e. The molecule has 0 fully saturated rings. The van der Waals surface area contributed by atoms with Gasteiger partial charge < -0.3 is 9.80 Å². The van der Waals surface area contributed by atoms with Crippen LogP contribution in [-0.4, -0.2) is 0 Å². The molecular formula is C74H58N4. The first-order valence-corrected chi connectivity index (χ1v) is 26.7.